The molecule has 6 heteroatoms. The minimum atomic E-state index is 0.857. The van der Waals surface area contributed by atoms with Crippen molar-refractivity contribution in [2.24, 2.45) is 0 Å². The van der Waals surface area contributed by atoms with Crippen LogP contribution in [0.25, 0.3) is 32.7 Å². The number of rotatable bonds is 0. The van der Waals surface area contributed by atoms with Crippen LogP contribution in [0, 0.1) is 125 Å². The minimum Gasteiger partial charge on any atom is -0.238 e. The van der Waals surface area contributed by atoms with Gasteiger partial charge in [-0.2, -0.15) is 0 Å². The summed E-state index contributed by atoms with van der Waals surface area (Å²) in [6, 6.07) is 0. The predicted octanol–water partition coefficient (Wildman–Crippen LogP) is 10.4. The zero-order valence-electron chi connectivity index (χ0n) is 32.7. The molecule has 0 aliphatic heterocycles. The molecule has 0 N–H and O–H groups in total. The van der Waals surface area contributed by atoms with Crippen LogP contribution in [0.3, 0.4) is 0 Å². The smallest absolute Gasteiger partial charge is 0.126 e. The highest BCUT2D eigenvalue weighted by Crippen LogP contribution is 2.31. The van der Waals surface area contributed by atoms with Gasteiger partial charge in [0.25, 0.3) is 0 Å². The summed E-state index contributed by atoms with van der Waals surface area (Å²) in [6.45, 7) is 38.0. The Morgan fingerprint density at radius 3 is 0.604 bits per heavy atom. The van der Waals surface area contributed by atoms with Crippen molar-refractivity contribution < 1.29 is 0 Å². The largest absolute Gasteiger partial charge is 0.238 e. The van der Waals surface area contributed by atoms with Crippen molar-refractivity contribution >= 4 is 32.7 Å². The van der Waals surface area contributed by atoms with Gasteiger partial charge in [0.1, 0.15) is 17.5 Å². The van der Waals surface area contributed by atoms with Crippen molar-refractivity contribution in [2.45, 2.75) is 125 Å². The van der Waals surface area contributed by atoms with E-state index in [1.54, 1.807) is 0 Å². The molecule has 0 saturated carbocycles. The van der Waals surface area contributed by atoms with Crippen LogP contribution in [-0.4, -0.2) is 29.9 Å². The molecule has 6 rings (SSSR count). The molecule has 3 aromatic heterocycles. The van der Waals surface area contributed by atoms with Crippen molar-refractivity contribution in [1.82, 2.24) is 29.9 Å². The lowest BCUT2D eigenvalue weighted by Gasteiger charge is -2.14. The highest BCUT2D eigenvalue weighted by atomic mass is 14.9. The zero-order valence-corrected chi connectivity index (χ0v) is 32.7. The Kier molecular flexibility index (Phi) is 10.4. The van der Waals surface area contributed by atoms with Crippen LogP contribution in [0.15, 0.2) is 0 Å². The molecule has 6 aromatic rings. The molecular weight excluding hydrogens is 589 g/mol. The third-order valence-electron chi connectivity index (χ3n) is 10.9. The summed E-state index contributed by atoms with van der Waals surface area (Å²) in [5, 5.41) is 3.68. The molecule has 0 saturated heterocycles. The first kappa shape index (κ1) is 36.5. The second kappa shape index (κ2) is 13.7. The van der Waals surface area contributed by atoms with Crippen molar-refractivity contribution in [3.63, 3.8) is 0 Å². The van der Waals surface area contributed by atoms with Gasteiger partial charge >= 0.3 is 0 Å². The maximum Gasteiger partial charge on any atom is 0.126 e. The molecule has 0 radical (unpaired) electrons. The van der Waals surface area contributed by atoms with E-state index in [0.717, 1.165) is 51.1 Å². The van der Waals surface area contributed by atoms with Gasteiger partial charge in [0.15, 0.2) is 0 Å². The Hall–Kier alpha value is -4.32. The fraction of sp³-hybridized carbons (Fsp3) is 0.429. The van der Waals surface area contributed by atoms with E-state index >= 15 is 0 Å². The first-order valence-corrected chi connectivity index (χ1v) is 16.9. The van der Waals surface area contributed by atoms with E-state index in [0.29, 0.717) is 0 Å². The van der Waals surface area contributed by atoms with Gasteiger partial charge in [-0.1, -0.05) is 0 Å². The second-order valence-corrected chi connectivity index (χ2v) is 13.7. The fourth-order valence-electron chi connectivity index (χ4n) is 7.08. The van der Waals surface area contributed by atoms with Gasteiger partial charge in [0.05, 0.1) is 16.6 Å². The van der Waals surface area contributed by atoms with Crippen LogP contribution in [0.4, 0.5) is 0 Å². The minimum absolute atomic E-state index is 0.857. The molecule has 252 valence electrons. The number of hydrogen-bond acceptors (Lipinski definition) is 6. The lowest BCUT2D eigenvalue weighted by atomic mass is 9.94. The molecule has 0 aliphatic carbocycles. The molecule has 0 spiro atoms. The molecule has 0 amide bonds. The normalized spacial score (nSPS) is 11.1. The number of hydrogen-bond donors (Lipinski definition) is 0. The number of aromatic nitrogens is 6. The number of nitrogens with zero attached hydrogens (tertiary/aromatic N) is 6. The van der Waals surface area contributed by atoms with E-state index in [1.807, 2.05) is 20.8 Å². The van der Waals surface area contributed by atoms with Gasteiger partial charge in [-0.15, -0.1) is 0 Å². The van der Waals surface area contributed by atoms with E-state index in [2.05, 4.69) is 134 Å². The Labute approximate surface area is 287 Å². The Bertz CT molecular complexity index is 2000. The third kappa shape index (κ3) is 6.42. The number of fused-ring (bicyclic) bond motifs is 3. The highest BCUT2D eigenvalue weighted by Gasteiger charge is 2.15. The van der Waals surface area contributed by atoms with Crippen LogP contribution in [0.1, 0.15) is 101 Å². The SMILES string of the molecule is Cc1nc(C)c2c(C)c(C)c(C)c(C)c2n1.Cc1nc(C)c2c(C)c(C)c(C)c(C)c2n1.Cc1nc(C)c2c(C)c(C)c(C)c(C)c2n1. The fourth-order valence-corrected chi connectivity index (χ4v) is 7.08. The second-order valence-electron chi connectivity index (χ2n) is 13.7. The lowest BCUT2D eigenvalue weighted by molar-refractivity contribution is 1.04. The van der Waals surface area contributed by atoms with Crippen LogP contribution in [0.5, 0.6) is 0 Å². The van der Waals surface area contributed by atoms with Gasteiger partial charge in [0.2, 0.25) is 0 Å². The monoisotopic (exact) mass is 642 g/mol. The summed E-state index contributed by atoms with van der Waals surface area (Å²) in [7, 11) is 0. The molecule has 3 aromatic carbocycles. The van der Waals surface area contributed by atoms with E-state index in [-0.39, 0.29) is 0 Å². The Balaban J connectivity index is 0.000000163. The van der Waals surface area contributed by atoms with E-state index in [4.69, 9.17) is 0 Å². The van der Waals surface area contributed by atoms with E-state index in [1.165, 1.54) is 82.9 Å². The Morgan fingerprint density at radius 2 is 0.396 bits per heavy atom. The molecule has 0 bridgehead atoms. The predicted molar refractivity (Wildman–Crippen MR) is 204 cm³/mol. The first-order valence-electron chi connectivity index (χ1n) is 16.9. The molecule has 0 aliphatic rings. The lowest BCUT2D eigenvalue weighted by Crippen LogP contribution is -2.01. The van der Waals surface area contributed by atoms with Crippen molar-refractivity contribution in [1.29, 1.82) is 0 Å². The third-order valence-corrected chi connectivity index (χ3v) is 10.9. The first-order chi connectivity index (χ1) is 22.3. The van der Waals surface area contributed by atoms with E-state index < -0.39 is 0 Å². The van der Waals surface area contributed by atoms with Crippen molar-refractivity contribution in [3.05, 3.63) is 101 Å². The van der Waals surface area contributed by atoms with Crippen LogP contribution in [0.2, 0.25) is 0 Å². The average molecular weight is 643 g/mol. The number of benzene rings is 3. The molecule has 3 heterocycles. The summed E-state index contributed by atoms with van der Waals surface area (Å²) < 4.78 is 0. The summed E-state index contributed by atoms with van der Waals surface area (Å²) in [4.78, 5) is 27.2. The van der Waals surface area contributed by atoms with Gasteiger partial charge < -0.3 is 0 Å². The quantitative estimate of drug-likeness (QED) is 0.164. The van der Waals surface area contributed by atoms with Gasteiger partial charge in [-0.25, -0.2) is 29.9 Å². The average Bonchev–Trinajstić information content (AvgIpc) is 3.02. The van der Waals surface area contributed by atoms with Crippen molar-refractivity contribution in [3.8, 4) is 0 Å². The van der Waals surface area contributed by atoms with Gasteiger partial charge in [0, 0.05) is 33.2 Å². The summed E-state index contributed by atoms with van der Waals surface area (Å²) in [6.07, 6.45) is 0. The standard InChI is InChI=1S/3C14H18N2/c3*1-7-8(2)10(4)14-13(9(7)3)11(5)15-12(6)16-14/h3*1-6H3. The van der Waals surface area contributed by atoms with Crippen LogP contribution in [-0.2, 0) is 0 Å². The van der Waals surface area contributed by atoms with Gasteiger partial charge in [-0.05, 0) is 191 Å². The van der Waals surface area contributed by atoms with Crippen molar-refractivity contribution in [2.75, 3.05) is 0 Å². The number of aryl methyl sites for hydroxylation is 12. The molecule has 0 atom stereocenters. The maximum atomic E-state index is 4.59. The van der Waals surface area contributed by atoms with Crippen LogP contribution < -0.4 is 0 Å². The molecule has 48 heavy (non-hydrogen) atoms. The molecule has 6 nitrogen and oxygen atoms in total. The Morgan fingerprint density at radius 1 is 0.208 bits per heavy atom. The molecular formula is C42H54N6. The van der Waals surface area contributed by atoms with Gasteiger partial charge in [-0.3, -0.25) is 0 Å². The summed E-state index contributed by atoms with van der Waals surface area (Å²) in [5.74, 6) is 2.57. The van der Waals surface area contributed by atoms with E-state index in [9.17, 15) is 0 Å². The maximum absolute atomic E-state index is 4.59. The topological polar surface area (TPSA) is 77.3 Å². The molecule has 0 fully saturated rings. The summed E-state index contributed by atoms with van der Waals surface area (Å²) >= 11 is 0. The summed E-state index contributed by atoms with van der Waals surface area (Å²) in [5.41, 5.74) is 22.5. The zero-order chi connectivity index (χ0) is 36.1. The van der Waals surface area contributed by atoms with Crippen LogP contribution >= 0.6 is 0 Å². The molecule has 0 unspecified atom stereocenters. The highest BCUT2D eigenvalue weighted by molar-refractivity contribution is 5.91.